The Morgan fingerprint density at radius 3 is 2.84 bits per heavy atom. The highest BCUT2D eigenvalue weighted by molar-refractivity contribution is 6.29. The summed E-state index contributed by atoms with van der Waals surface area (Å²) in [6.45, 7) is 4.37. The number of hydrogen-bond acceptors (Lipinski definition) is 4. The van der Waals surface area contributed by atoms with E-state index in [1.165, 1.54) is 12.1 Å². The first-order valence-corrected chi connectivity index (χ1v) is 6.98. The number of halogens is 1. The van der Waals surface area contributed by atoms with Crippen LogP contribution in [0.15, 0.2) is 12.1 Å². The maximum Gasteiger partial charge on any atom is 0.311 e. The molecule has 3 unspecified atom stereocenters. The van der Waals surface area contributed by atoms with Crippen molar-refractivity contribution in [3.63, 3.8) is 0 Å². The predicted octanol–water partition coefficient (Wildman–Crippen LogP) is 3.88. The van der Waals surface area contributed by atoms with Gasteiger partial charge in [-0.1, -0.05) is 31.9 Å². The topological polar surface area (TPSA) is 68.1 Å². The average molecular weight is 284 g/mol. The lowest BCUT2D eigenvalue weighted by molar-refractivity contribution is -0.384. The summed E-state index contributed by atoms with van der Waals surface area (Å²) < 4.78 is 0. The van der Waals surface area contributed by atoms with E-state index in [1.54, 1.807) is 0 Å². The largest absolute Gasteiger partial charge is 0.361 e. The molecular weight excluding hydrogens is 266 g/mol. The van der Waals surface area contributed by atoms with Crippen LogP contribution in [0.4, 0.5) is 11.5 Å². The minimum absolute atomic E-state index is 0.0171. The Hall–Kier alpha value is -1.36. The maximum absolute atomic E-state index is 11.0. The molecule has 1 fully saturated rings. The Kier molecular flexibility index (Phi) is 4.24. The summed E-state index contributed by atoms with van der Waals surface area (Å²) in [6, 6.07) is 3.07. The van der Waals surface area contributed by atoms with E-state index in [9.17, 15) is 10.1 Å². The number of nitro groups is 1. The summed E-state index contributed by atoms with van der Waals surface area (Å²) >= 11 is 5.83. The van der Waals surface area contributed by atoms with Gasteiger partial charge in [0, 0.05) is 12.1 Å². The van der Waals surface area contributed by atoms with Crippen LogP contribution < -0.4 is 5.32 Å². The molecule has 1 heterocycles. The number of anilines is 1. The SMILES string of the molecule is CCC1CCC(Nc2nc(Cl)ccc2[N+](=O)[O-])C1C. The molecule has 104 valence electrons. The number of hydrogen-bond donors (Lipinski definition) is 1. The van der Waals surface area contributed by atoms with Crippen LogP contribution in [0, 0.1) is 22.0 Å². The monoisotopic (exact) mass is 283 g/mol. The van der Waals surface area contributed by atoms with Crippen molar-refractivity contribution in [3.8, 4) is 0 Å². The van der Waals surface area contributed by atoms with Gasteiger partial charge in [-0.05, 0) is 30.7 Å². The predicted molar refractivity (Wildman–Crippen MR) is 75.5 cm³/mol. The zero-order valence-electron chi connectivity index (χ0n) is 11.1. The van der Waals surface area contributed by atoms with Crippen LogP contribution in [-0.4, -0.2) is 15.9 Å². The molecule has 1 aliphatic carbocycles. The van der Waals surface area contributed by atoms with Crippen LogP contribution in [0.2, 0.25) is 5.15 Å². The highest BCUT2D eigenvalue weighted by Crippen LogP contribution is 2.36. The number of pyridine rings is 1. The van der Waals surface area contributed by atoms with Gasteiger partial charge < -0.3 is 5.32 Å². The molecule has 5 nitrogen and oxygen atoms in total. The molecule has 19 heavy (non-hydrogen) atoms. The molecule has 3 atom stereocenters. The van der Waals surface area contributed by atoms with Crippen LogP contribution >= 0.6 is 11.6 Å². The second kappa shape index (κ2) is 5.74. The zero-order valence-corrected chi connectivity index (χ0v) is 11.9. The van der Waals surface area contributed by atoms with E-state index in [1.807, 2.05) is 0 Å². The third-order valence-electron chi connectivity index (χ3n) is 4.11. The lowest BCUT2D eigenvalue weighted by Gasteiger charge is -2.21. The number of nitrogens with zero attached hydrogens (tertiary/aromatic N) is 2. The summed E-state index contributed by atoms with van der Waals surface area (Å²) in [5.41, 5.74) is -0.0171. The van der Waals surface area contributed by atoms with E-state index >= 15 is 0 Å². The normalized spacial score (nSPS) is 26.4. The van der Waals surface area contributed by atoms with Crippen molar-refractivity contribution < 1.29 is 4.92 Å². The van der Waals surface area contributed by atoms with Gasteiger partial charge in [-0.15, -0.1) is 0 Å². The molecule has 0 amide bonds. The van der Waals surface area contributed by atoms with Gasteiger partial charge in [-0.3, -0.25) is 10.1 Å². The van der Waals surface area contributed by atoms with E-state index in [0.717, 1.165) is 19.3 Å². The van der Waals surface area contributed by atoms with E-state index in [2.05, 4.69) is 24.1 Å². The van der Waals surface area contributed by atoms with Gasteiger partial charge in [0.05, 0.1) is 4.92 Å². The molecule has 0 radical (unpaired) electrons. The van der Waals surface area contributed by atoms with E-state index in [0.29, 0.717) is 11.8 Å². The van der Waals surface area contributed by atoms with Crippen LogP contribution in [0.3, 0.4) is 0 Å². The van der Waals surface area contributed by atoms with Crippen LogP contribution in [0.1, 0.15) is 33.1 Å². The molecule has 2 rings (SSSR count). The molecule has 6 heteroatoms. The van der Waals surface area contributed by atoms with Crippen molar-refractivity contribution in [2.24, 2.45) is 11.8 Å². The van der Waals surface area contributed by atoms with Gasteiger partial charge in [0.15, 0.2) is 0 Å². The highest BCUT2D eigenvalue weighted by atomic mass is 35.5. The molecule has 1 aromatic rings. The van der Waals surface area contributed by atoms with Gasteiger partial charge in [0.2, 0.25) is 5.82 Å². The molecule has 0 spiro atoms. The van der Waals surface area contributed by atoms with Gasteiger partial charge >= 0.3 is 5.69 Å². The first-order chi connectivity index (χ1) is 9.02. The molecule has 0 aliphatic heterocycles. The molecule has 0 bridgehead atoms. The van der Waals surface area contributed by atoms with Gasteiger partial charge in [-0.2, -0.15) is 0 Å². The summed E-state index contributed by atoms with van der Waals surface area (Å²) in [6.07, 6.45) is 3.32. The quantitative estimate of drug-likeness (QED) is 0.517. The van der Waals surface area contributed by atoms with Crippen LogP contribution in [-0.2, 0) is 0 Å². The number of nitrogens with one attached hydrogen (secondary N) is 1. The Balaban J connectivity index is 2.19. The van der Waals surface area contributed by atoms with Crippen molar-refractivity contribution in [2.45, 2.75) is 39.2 Å². The summed E-state index contributed by atoms with van der Waals surface area (Å²) in [7, 11) is 0. The van der Waals surface area contributed by atoms with Crippen molar-refractivity contribution >= 4 is 23.1 Å². The fraction of sp³-hybridized carbons (Fsp3) is 0.615. The third-order valence-corrected chi connectivity index (χ3v) is 4.32. The first-order valence-electron chi connectivity index (χ1n) is 6.60. The molecule has 1 N–H and O–H groups in total. The zero-order chi connectivity index (χ0) is 14.0. The lowest BCUT2D eigenvalue weighted by atomic mass is 9.93. The Morgan fingerprint density at radius 2 is 2.26 bits per heavy atom. The van der Waals surface area contributed by atoms with Gasteiger partial charge in [-0.25, -0.2) is 4.98 Å². The van der Waals surface area contributed by atoms with E-state index < -0.39 is 4.92 Å². The minimum atomic E-state index is -0.428. The fourth-order valence-corrected chi connectivity index (χ4v) is 3.03. The third kappa shape index (κ3) is 2.97. The first kappa shape index (κ1) is 14.1. The number of aromatic nitrogens is 1. The fourth-order valence-electron chi connectivity index (χ4n) is 2.88. The molecule has 1 aromatic heterocycles. The second-order valence-corrected chi connectivity index (χ2v) is 5.50. The maximum atomic E-state index is 11.0. The van der Waals surface area contributed by atoms with Crippen LogP contribution in [0.5, 0.6) is 0 Å². The van der Waals surface area contributed by atoms with E-state index in [4.69, 9.17) is 11.6 Å². The van der Waals surface area contributed by atoms with Gasteiger partial charge in [0.1, 0.15) is 5.15 Å². The second-order valence-electron chi connectivity index (χ2n) is 5.11. The van der Waals surface area contributed by atoms with Crippen LogP contribution in [0.25, 0.3) is 0 Å². The molecular formula is C13H18ClN3O2. The molecule has 0 saturated heterocycles. The smallest absolute Gasteiger partial charge is 0.311 e. The summed E-state index contributed by atoms with van der Waals surface area (Å²) in [4.78, 5) is 14.6. The highest BCUT2D eigenvalue weighted by Gasteiger charge is 2.33. The summed E-state index contributed by atoms with van der Waals surface area (Å²) in [5.74, 6) is 1.45. The Morgan fingerprint density at radius 1 is 1.53 bits per heavy atom. The van der Waals surface area contributed by atoms with Crippen molar-refractivity contribution in [1.29, 1.82) is 0 Å². The minimum Gasteiger partial charge on any atom is -0.361 e. The van der Waals surface area contributed by atoms with E-state index in [-0.39, 0.29) is 22.7 Å². The van der Waals surface area contributed by atoms with Crippen molar-refractivity contribution in [3.05, 3.63) is 27.4 Å². The Bertz CT molecular complexity index is 481. The van der Waals surface area contributed by atoms with Crippen molar-refractivity contribution in [2.75, 3.05) is 5.32 Å². The number of rotatable bonds is 4. The average Bonchev–Trinajstić information content (AvgIpc) is 2.70. The summed E-state index contributed by atoms with van der Waals surface area (Å²) in [5, 5.41) is 14.5. The Labute approximate surface area is 117 Å². The van der Waals surface area contributed by atoms with Gasteiger partial charge in [0.25, 0.3) is 0 Å². The molecule has 1 aliphatic rings. The lowest BCUT2D eigenvalue weighted by Crippen LogP contribution is -2.25. The standard InChI is InChI=1S/C13H18ClN3O2/c1-3-9-4-5-10(8(9)2)15-13-11(17(18)19)6-7-12(14)16-13/h6-10H,3-5H2,1-2H3,(H,15,16). The van der Waals surface area contributed by atoms with Crippen molar-refractivity contribution in [1.82, 2.24) is 4.98 Å². The molecule has 0 aromatic carbocycles. The molecule has 1 saturated carbocycles.